The molecule has 0 radical (unpaired) electrons. The Morgan fingerprint density at radius 2 is 1.93 bits per heavy atom. The van der Waals surface area contributed by atoms with Crippen LogP contribution in [0.5, 0.6) is 5.75 Å². The molecule has 2 aromatic carbocycles. The van der Waals surface area contributed by atoms with Crippen molar-refractivity contribution in [2.75, 3.05) is 13.2 Å². The van der Waals surface area contributed by atoms with Gasteiger partial charge in [0.1, 0.15) is 24.0 Å². The molecule has 146 valence electrons. The molecule has 0 bridgehead atoms. The van der Waals surface area contributed by atoms with E-state index >= 15 is 0 Å². The molecular weight excluding hydrogens is 356 g/mol. The largest absolute Gasteiger partial charge is 0.491 e. The number of ether oxygens (including phenoxy) is 1. The van der Waals surface area contributed by atoms with E-state index in [1.165, 1.54) is 0 Å². The van der Waals surface area contributed by atoms with E-state index in [9.17, 15) is 14.7 Å². The number of imide groups is 1. The van der Waals surface area contributed by atoms with Crippen LogP contribution in [0.15, 0.2) is 48.5 Å². The van der Waals surface area contributed by atoms with E-state index < -0.39 is 17.7 Å². The van der Waals surface area contributed by atoms with Gasteiger partial charge in [-0.25, -0.2) is 4.79 Å². The highest BCUT2D eigenvalue weighted by molar-refractivity contribution is 6.07. The highest BCUT2D eigenvalue weighted by Crippen LogP contribution is 2.39. The van der Waals surface area contributed by atoms with Crippen LogP contribution in [-0.2, 0) is 16.8 Å². The lowest BCUT2D eigenvalue weighted by molar-refractivity contribution is -0.133. The maximum atomic E-state index is 13.2. The maximum absolute atomic E-state index is 13.2. The summed E-state index contributed by atoms with van der Waals surface area (Å²) in [6, 6.07) is 14.8. The normalized spacial score (nSPS) is 22.1. The molecule has 1 heterocycles. The summed E-state index contributed by atoms with van der Waals surface area (Å²) in [7, 11) is 0. The van der Waals surface area contributed by atoms with Crippen molar-refractivity contribution < 1.29 is 19.4 Å². The van der Waals surface area contributed by atoms with Crippen LogP contribution < -0.4 is 10.1 Å². The molecule has 2 atom stereocenters. The van der Waals surface area contributed by atoms with Crippen molar-refractivity contribution in [1.82, 2.24) is 10.2 Å². The number of aryl methyl sites for hydroxylation is 2. The van der Waals surface area contributed by atoms with Gasteiger partial charge in [-0.1, -0.05) is 42.0 Å². The van der Waals surface area contributed by atoms with Gasteiger partial charge in [-0.05, 0) is 49.4 Å². The summed E-state index contributed by atoms with van der Waals surface area (Å²) >= 11 is 0. The zero-order chi connectivity index (χ0) is 19.7. The predicted molar refractivity (Wildman–Crippen MR) is 104 cm³/mol. The second-order valence-electron chi connectivity index (χ2n) is 7.54. The minimum absolute atomic E-state index is 0.00368. The van der Waals surface area contributed by atoms with Crippen molar-refractivity contribution in [2.24, 2.45) is 0 Å². The van der Waals surface area contributed by atoms with Crippen molar-refractivity contribution in [3.63, 3.8) is 0 Å². The number of hydrogen-bond acceptors (Lipinski definition) is 4. The number of fused-ring (bicyclic) bond motifs is 2. The highest BCUT2D eigenvalue weighted by Gasteiger charge is 2.54. The first kappa shape index (κ1) is 18.5. The molecule has 28 heavy (non-hydrogen) atoms. The zero-order valence-electron chi connectivity index (χ0n) is 15.9. The third-order valence-electron chi connectivity index (χ3n) is 5.51. The topological polar surface area (TPSA) is 78.9 Å². The van der Waals surface area contributed by atoms with Gasteiger partial charge in [0.2, 0.25) is 0 Å². The molecule has 1 fully saturated rings. The fraction of sp³-hybridized carbons (Fsp3) is 0.364. The zero-order valence-corrected chi connectivity index (χ0v) is 15.9. The number of nitrogens with one attached hydrogen (secondary N) is 1. The lowest BCUT2D eigenvalue weighted by Crippen LogP contribution is -2.47. The Bertz CT molecular complexity index is 896. The second kappa shape index (κ2) is 7.28. The third-order valence-corrected chi connectivity index (χ3v) is 5.51. The van der Waals surface area contributed by atoms with Crippen molar-refractivity contribution in [3.05, 3.63) is 65.2 Å². The number of urea groups is 1. The quantitative estimate of drug-likeness (QED) is 0.782. The summed E-state index contributed by atoms with van der Waals surface area (Å²) in [6.07, 6.45) is 1.33. The van der Waals surface area contributed by atoms with E-state index in [1.54, 1.807) is 0 Å². The molecule has 3 amide bonds. The molecule has 1 aliphatic heterocycles. The number of carbonyl (C=O) groups is 2. The Morgan fingerprint density at radius 3 is 2.71 bits per heavy atom. The van der Waals surface area contributed by atoms with Gasteiger partial charge in [0.25, 0.3) is 5.91 Å². The number of hydrogen-bond donors (Lipinski definition) is 2. The first-order valence-electron chi connectivity index (χ1n) is 9.60. The van der Waals surface area contributed by atoms with Crippen LogP contribution in [-0.4, -0.2) is 41.2 Å². The Hall–Kier alpha value is -2.86. The average Bonchev–Trinajstić information content (AvgIpc) is 2.93. The minimum atomic E-state index is -1.01. The third kappa shape index (κ3) is 3.24. The Morgan fingerprint density at radius 1 is 1.18 bits per heavy atom. The fourth-order valence-electron chi connectivity index (χ4n) is 4.07. The van der Waals surface area contributed by atoms with E-state index in [0.717, 1.165) is 34.4 Å². The SMILES string of the molecule is Cc1ccc(OC[C@H](O)CN2C(=O)N[C@@]3(CCCc4ccccc43)C2=O)cc1. The summed E-state index contributed by atoms with van der Waals surface area (Å²) in [6.45, 7) is 1.89. The van der Waals surface area contributed by atoms with Gasteiger partial charge in [-0.2, -0.15) is 0 Å². The van der Waals surface area contributed by atoms with Crippen molar-refractivity contribution in [1.29, 1.82) is 0 Å². The molecule has 6 nitrogen and oxygen atoms in total. The monoisotopic (exact) mass is 380 g/mol. The van der Waals surface area contributed by atoms with Gasteiger partial charge in [0.05, 0.1) is 6.54 Å². The van der Waals surface area contributed by atoms with Crippen molar-refractivity contribution in [3.8, 4) is 5.75 Å². The van der Waals surface area contributed by atoms with Gasteiger partial charge >= 0.3 is 6.03 Å². The smallest absolute Gasteiger partial charge is 0.325 e. The lowest BCUT2D eigenvalue weighted by Gasteiger charge is -2.33. The summed E-state index contributed by atoms with van der Waals surface area (Å²) in [5.74, 6) is 0.346. The number of carbonyl (C=O) groups excluding carboxylic acids is 2. The van der Waals surface area contributed by atoms with Crippen molar-refractivity contribution in [2.45, 2.75) is 37.8 Å². The van der Waals surface area contributed by atoms with Crippen LogP contribution >= 0.6 is 0 Å². The predicted octanol–water partition coefficient (Wildman–Crippen LogP) is 2.52. The first-order valence-corrected chi connectivity index (χ1v) is 9.60. The number of benzene rings is 2. The number of amides is 3. The summed E-state index contributed by atoms with van der Waals surface area (Å²) in [5.41, 5.74) is 2.06. The molecule has 1 saturated heterocycles. The molecule has 1 aliphatic carbocycles. The lowest BCUT2D eigenvalue weighted by atomic mass is 9.76. The van der Waals surface area contributed by atoms with Crippen LogP contribution in [0.3, 0.4) is 0 Å². The molecule has 2 N–H and O–H groups in total. The Balaban J connectivity index is 1.45. The number of rotatable bonds is 5. The van der Waals surface area contributed by atoms with E-state index in [2.05, 4.69) is 5.32 Å². The van der Waals surface area contributed by atoms with Crippen molar-refractivity contribution >= 4 is 11.9 Å². The van der Waals surface area contributed by atoms with Crippen LogP contribution in [0, 0.1) is 6.92 Å². The maximum Gasteiger partial charge on any atom is 0.325 e. The van der Waals surface area contributed by atoms with Gasteiger partial charge in [0, 0.05) is 0 Å². The molecule has 6 heteroatoms. The van der Waals surface area contributed by atoms with Crippen LogP contribution in [0.1, 0.15) is 29.5 Å². The van der Waals surface area contributed by atoms with E-state index in [0.29, 0.717) is 12.2 Å². The molecule has 0 unspecified atom stereocenters. The highest BCUT2D eigenvalue weighted by atomic mass is 16.5. The van der Waals surface area contributed by atoms with E-state index in [-0.39, 0.29) is 19.1 Å². The molecule has 0 aromatic heterocycles. The summed E-state index contributed by atoms with van der Waals surface area (Å²) in [5, 5.41) is 13.2. The number of β-amino-alcohol motifs (C(OH)–C–C–N with tert-alkyl or cyclic N) is 1. The molecular formula is C22H24N2O4. The number of aliphatic hydroxyl groups is 1. The summed E-state index contributed by atoms with van der Waals surface area (Å²) in [4.78, 5) is 26.9. The number of aliphatic hydroxyl groups excluding tert-OH is 1. The van der Waals surface area contributed by atoms with Crippen LogP contribution in [0.2, 0.25) is 0 Å². The fourth-order valence-corrected chi connectivity index (χ4v) is 4.07. The average molecular weight is 380 g/mol. The van der Waals surface area contributed by atoms with E-state index in [1.807, 2.05) is 55.5 Å². The molecule has 1 spiro atoms. The van der Waals surface area contributed by atoms with Gasteiger partial charge in [0.15, 0.2) is 0 Å². The van der Waals surface area contributed by atoms with Gasteiger partial charge < -0.3 is 15.2 Å². The van der Waals surface area contributed by atoms with E-state index in [4.69, 9.17) is 4.74 Å². The summed E-state index contributed by atoms with van der Waals surface area (Å²) < 4.78 is 5.58. The molecule has 0 saturated carbocycles. The van der Waals surface area contributed by atoms with Crippen LogP contribution in [0.4, 0.5) is 4.79 Å². The number of nitrogens with zero attached hydrogens (tertiary/aromatic N) is 1. The second-order valence-corrected chi connectivity index (χ2v) is 7.54. The Kier molecular flexibility index (Phi) is 4.81. The molecule has 2 aromatic rings. The first-order chi connectivity index (χ1) is 13.5. The molecule has 2 aliphatic rings. The van der Waals surface area contributed by atoms with Crippen LogP contribution in [0.25, 0.3) is 0 Å². The molecule has 4 rings (SSSR count). The van der Waals surface area contributed by atoms with Gasteiger partial charge in [-0.15, -0.1) is 0 Å². The van der Waals surface area contributed by atoms with Gasteiger partial charge in [-0.3, -0.25) is 9.69 Å². The standard InChI is InChI=1S/C22H24N2O4/c1-15-8-10-18(11-9-15)28-14-17(25)13-24-20(26)22(23-21(24)27)12-4-6-16-5-2-3-7-19(16)22/h2-3,5,7-11,17,25H,4,6,12-14H2,1H3,(H,23,27)/t17-,22-/m1/s1. The minimum Gasteiger partial charge on any atom is -0.491 e. The Labute approximate surface area is 164 Å².